The van der Waals surface area contributed by atoms with Gasteiger partial charge in [0.25, 0.3) is 0 Å². The predicted octanol–water partition coefficient (Wildman–Crippen LogP) is 4.33. The Bertz CT molecular complexity index is 1160. The van der Waals surface area contributed by atoms with Crippen LogP contribution < -0.4 is 10.6 Å². The number of carbonyl (C=O) groups is 1. The van der Waals surface area contributed by atoms with Crippen LogP contribution in [0.1, 0.15) is 50.2 Å². The average Bonchev–Trinajstić information content (AvgIpc) is 3.22. The van der Waals surface area contributed by atoms with Crippen LogP contribution >= 0.6 is 0 Å². The number of carbonyl (C=O) groups excluding carboxylic acids is 1. The summed E-state index contributed by atoms with van der Waals surface area (Å²) in [7, 11) is 1.38. The van der Waals surface area contributed by atoms with Crippen molar-refractivity contribution in [3.8, 4) is 17.5 Å². The van der Waals surface area contributed by atoms with Crippen LogP contribution in [0.2, 0.25) is 0 Å². The lowest BCUT2D eigenvalue weighted by Crippen LogP contribution is -2.42. The van der Waals surface area contributed by atoms with Crippen molar-refractivity contribution in [2.45, 2.75) is 45.1 Å². The SMILES string of the molecule is CCC(C)c1cnc(-c2ccc3cc(C#N)cnn23)cc1NC1CC(CNC(=O)OC)C1. The van der Waals surface area contributed by atoms with Gasteiger partial charge in [-0.1, -0.05) is 13.8 Å². The van der Waals surface area contributed by atoms with Crippen LogP contribution in [0.25, 0.3) is 16.9 Å². The maximum absolute atomic E-state index is 11.3. The highest BCUT2D eigenvalue weighted by molar-refractivity contribution is 5.69. The molecule has 4 rings (SSSR count). The van der Waals surface area contributed by atoms with E-state index in [-0.39, 0.29) is 6.09 Å². The van der Waals surface area contributed by atoms with Crippen molar-refractivity contribution in [1.82, 2.24) is 19.9 Å². The Hall–Kier alpha value is -3.60. The van der Waals surface area contributed by atoms with Crippen molar-refractivity contribution in [3.05, 3.63) is 47.8 Å². The van der Waals surface area contributed by atoms with Crippen molar-refractivity contribution in [2.75, 3.05) is 19.0 Å². The molecule has 0 aliphatic heterocycles. The van der Waals surface area contributed by atoms with Gasteiger partial charge in [0.2, 0.25) is 0 Å². The second kappa shape index (κ2) is 9.27. The van der Waals surface area contributed by atoms with Gasteiger partial charge in [-0.25, -0.2) is 9.31 Å². The van der Waals surface area contributed by atoms with E-state index in [4.69, 9.17) is 10.2 Å². The molecule has 2 N–H and O–H groups in total. The average molecular weight is 433 g/mol. The molecule has 1 saturated carbocycles. The van der Waals surface area contributed by atoms with Gasteiger partial charge in [0.1, 0.15) is 6.07 Å². The summed E-state index contributed by atoms with van der Waals surface area (Å²) in [6.45, 7) is 5.03. The van der Waals surface area contributed by atoms with Crippen LogP contribution in [0.5, 0.6) is 0 Å². The van der Waals surface area contributed by atoms with Gasteiger partial charge in [-0.15, -0.1) is 0 Å². The molecule has 166 valence electrons. The Kier molecular flexibility index (Phi) is 6.26. The first-order valence-electron chi connectivity index (χ1n) is 11.0. The monoisotopic (exact) mass is 432 g/mol. The third kappa shape index (κ3) is 4.37. The Balaban J connectivity index is 1.55. The van der Waals surface area contributed by atoms with Crippen LogP contribution in [0.15, 0.2) is 36.7 Å². The molecule has 0 saturated heterocycles. The van der Waals surface area contributed by atoms with E-state index >= 15 is 0 Å². The lowest BCUT2D eigenvalue weighted by Gasteiger charge is -2.37. The maximum Gasteiger partial charge on any atom is 0.406 e. The fraction of sp³-hybridized carbons (Fsp3) is 0.417. The van der Waals surface area contributed by atoms with Crippen molar-refractivity contribution >= 4 is 17.3 Å². The maximum atomic E-state index is 11.3. The zero-order valence-electron chi connectivity index (χ0n) is 18.6. The molecular weight excluding hydrogens is 404 g/mol. The topological polar surface area (TPSA) is 104 Å². The number of rotatable bonds is 7. The molecule has 3 aromatic heterocycles. The number of anilines is 1. The van der Waals surface area contributed by atoms with Gasteiger partial charge in [0, 0.05) is 24.5 Å². The summed E-state index contributed by atoms with van der Waals surface area (Å²) in [6, 6.07) is 10.3. The molecule has 8 nitrogen and oxygen atoms in total. The number of hydrogen-bond donors (Lipinski definition) is 2. The van der Waals surface area contributed by atoms with E-state index in [1.807, 2.05) is 28.9 Å². The normalized spacial score (nSPS) is 18.4. The van der Waals surface area contributed by atoms with Gasteiger partial charge >= 0.3 is 6.09 Å². The molecule has 8 heteroatoms. The molecule has 1 aliphatic carbocycles. The molecular formula is C24H28N6O2. The number of methoxy groups -OCH3 is 1. The zero-order chi connectivity index (χ0) is 22.7. The Morgan fingerprint density at radius 3 is 2.88 bits per heavy atom. The number of amides is 1. The zero-order valence-corrected chi connectivity index (χ0v) is 18.6. The van der Waals surface area contributed by atoms with Crippen molar-refractivity contribution in [2.24, 2.45) is 5.92 Å². The van der Waals surface area contributed by atoms with Crippen LogP contribution in [0, 0.1) is 17.2 Å². The second-order valence-electron chi connectivity index (χ2n) is 8.43. The molecule has 32 heavy (non-hydrogen) atoms. The minimum Gasteiger partial charge on any atom is -0.453 e. The van der Waals surface area contributed by atoms with Gasteiger partial charge in [-0.05, 0) is 60.9 Å². The van der Waals surface area contributed by atoms with E-state index in [1.54, 1.807) is 6.20 Å². The minimum absolute atomic E-state index is 0.359. The van der Waals surface area contributed by atoms with E-state index in [9.17, 15) is 4.79 Å². The summed E-state index contributed by atoms with van der Waals surface area (Å²) in [6.07, 6.45) is 6.17. The molecule has 0 bridgehead atoms. The van der Waals surface area contributed by atoms with Crippen LogP contribution in [-0.4, -0.2) is 40.4 Å². The van der Waals surface area contributed by atoms with Gasteiger partial charge in [0.05, 0.1) is 35.8 Å². The van der Waals surface area contributed by atoms with Crippen LogP contribution in [-0.2, 0) is 4.74 Å². The number of nitrogens with one attached hydrogen (secondary N) is 2. The van der Waals surface area contributed by atoms with Crippen LogP contribution in [0.4, 0.5) is 10.5 Å². The lowest BCUT2D eigenvalue weighted by atomic mass is 9.80. The molecule has 1 unspecified atom stereocenters. The Morgan fingerprint density at radius 1 is 1.34 bits per heavy atom. The highest BCUT2D eigenvalue weighted by Gasteiger charge is 2.30. The van der Waals surface area contributed by atoms with E-state index in [2.05, 4.69) is 46.5 Å². The summed E-state index contributed by atoms with van der Waals surface area (Å²) < 4.78 is 6.46. The fourth-order valence-electron chi connectivity index (χ4n) is 4.14. The van der Waals surface area contributed by atoms with Gasteiger partial charge in [0.15, 0.2) is 0 Å². The number of nitriles is 1. The fourth-order valence-corrected chi connectivity index (χ4v) is 4.14. The Labute approximate surface area is 187 Å². The van der Waals surface area contributed by atoms with E-state index in [1.165, 1.54) is 12.7 Å². The quantitative estimate of drug-likeness (QED) is 0.576. The number of nitrogens with zero attached hydrogens (tertiary/aromatic N) is 4. The summed E-state index contributed by atoms with van der Waals surface area (Å²) in [4.78, 5) is 16.0. The first-order chi connectivity index (χ1) is 15.5. The van der Waals surface area contributed by atoms with Gasteiger partial charge in [-0.3, -0.25) is 4.98 Å². The van der Waals surface area contributed by atoms with Crippen molar-refractivity contribution in [3.63, 3.8) is 0 Å². The number of pyridine rings is 1. The second-order valence-corrected chi connectivity index (χ2v) is 8.43. The third-order valence-electron chi connectivity index (χ3n) is 6.29. The smallest absolute Gasteiger partial charge is 0.406 e. The minimum atomic E-state index is -0.380. The molecule has 1 amide bonds. The number of hydrogen-bond acceptors (Lipinski definition) is 6. The standard InChI is InChI=1S/C24H28N6O2/c1-4-15(2)20-14-26-22(23-6-5-19-9-17(11-25)13-28-30(19)23)10-21(20)29-18-7-16(8-18)12-27-24(31)32-3/h5-6,9-10,13-16,18H,4,7-8,12H2,1-3H3,(H,26,29)(H,27,31). The summed E-state index contributed by atoms with van der Waals surface area (Å²) >= 11 is 0. The highest BCUT2D eigenvalue weighted by Crippen LogP contribution is 2.35. The van der Waals surface area contributed by atoms with Crippen LogP contribution in [0.3, 0.4) is 0 Å². The molecule has 0 radical (unpaired) electrons. The summed E-state index contributed by atoms with van der Waals surface area (Å²) in [5, 5.41) is 20.0. The largest absolute Gasteiger partial charge is 0.453 e. The molecule has 3 aromatic rings. The van der Waals surface area contributed by atoms with Crippen molar-refractivity contribution in [1.29, 1.82) is 5.26 Å². The summed E-state index contributed by atoms with van der Waals surface area (Å²) in [5.41, 5.74) is 5.41. The molecule has 3 heterocycles. The van der Waals surface area contributed by atoms with Crippen molar-refractivity contribution < 1.29 is 9.53 Å². The Morgan fingerprint density at radius 2 is 2.16 bits per heavy atom. The molecule has 0 spiro atoms. The van der Waals surface area contributed by atoms with Gasteiger partial charge < -0.3 is 15.4 Å². The van der Waals surface area contributed by atoms with E-state index in [0.29, 0.717) is 30.0 Å². The molecule has 1 aliphatic rings. The summed E-state index contributed by atoms with van der Waals surface area (Å²) in [5.74, 6) is 0.837. The first-order valence-corrected chi connectivity index (χ1v) is 11.0. The highest BCUT2D eigenvalue weighted by atomic mass is 16.5. The molecule has 1 atom stereocenters. The number of aromatic nitrogens is 3. The molecule has 1 fully saturated rings. The van der Waals surface area contributed by atoms with E-state index < -0.39 is 0 Å². The number of ether oxygens (including phenoxy) is 1. The van der Waals surface area contributed by atoms with E-state index in [0.717, 1.165) is 41.9 Å². The third-order valence-corrected chi connectivity index (χ3v) is 6.29. The molecule has 0 aromatic carbocycles. The predicted molar refractivity (Wildman–Crippen MR) is 122 cm³/mol. The number of alkyl carbamates (subject to hydrolysis) is 1. The first kappa shape index (κ1) is 21.6. The van der Waals surface area contributed by atoms with Gasteiger partial charge in [-0.2, -0.15) is 10.4 Å². The lowest BCUT2D eigenvalue weighted by molar-refractivity contribution is 0.164. The number of fused-ring (bicyclic) bond motifs is 1.